The zero-order chi connectivity index (χ0) is 20.3. The third-order valence-corrected chi connectivity index (χ3v) is 4.39. The number of hydrogen-bond donors (Lipinski definition) is 1. The van der Waals surface area contributed by atoms with Gasteiger partial charge in [-0.15, -0.1) is 0 Å². The van der Waals surface area contributed by atoms with Crippen LogP contribution in [0, 0.1) is 0 Å². The van der Waals surface area contributed by atoms with Crippen LogP contribution in [0.25, 0.3) is 11.0 Å². The van der Waals surface area contributed by atoms with Crippen molar-refractivity contribution in [3.05, 3.63) is 52.7 Å². The number of amides is 1. The molecule has 0 fully saturated rings. The summed E-state index contributed by atoms with van der Waals surface area (Å²) in [7, 11) is 0. The number of alkyl halides is 3. The van der Waals surface area contributed by atoms with E-state index in [-0.39, 0.29) is 16.7 Å². The smallest absolute Gasteiger partial charge is 0.324 e. The van der Waals surface area contributed by atoms with E-state index < -0.39 is 29.8 Å². The second kappa shape index (κ2) is 7.97. The lowest BCUT2D eigenvalue weighted by Crippen LogP contribution is -2.28. The maximum Gasteiger partial charge on any atom is 0.418 e. The van der Waals surface area contributed by atoms with Crippen molar-refractivity contribution in [3.63, 3.8) is 0 Å². The molecular weight excluding hydrogens is 395 g/mol. The quantitative estimate of drug-likeness (QED) is 0.515. The van der Waals surface area contributed by atoms with Crippen LogP contribution in [-0.4, -0.2) is 31.2 Å². The van der Waals surface area contributed by atoms with Gasteiger partial charge in [0.1, 0.15) is 18.3 Å². The van der Waals surface area contributed by atoms with E-state index in [4.69, 9.17) is 0 Å². The third kappa shape index (κ3) is 4.30. The largest absolute Gasteiger partial charge is 0.418 e. The number of benzene rings is 1. The van der Waals surface area contributed by atoms with Gasteiger partial charge in [0.05, 0.1) is 11.3 Å². The SMILES string of the molecule is CCSc1ncc2c(=O)n(CC(=O)Nc3ccccc3C(F)(F)F)cnc2n1. The molecule has 1 amide bonds. The first kappa shape index (κ1) is 19.8. The van der Waals surface area contributed by atoms with Crippen molar-refractivity contribution in [1.82, 2.24) is 19.5 Å². The topological polar surface area (TPSA) is 89.8 Å². The summed E-state index contributed by atoms with van der Waals surface area (Å²) in [5.74, 6) is -0.0404. The Balaban J connectivity index is 1.83. The highest BCUT2D eigenvalue weighted by Gasteiger charge is 2.33. The van der Waals surface area contributed by atoms with Gasteiger partial charge in [-0.2, -0.15) is 13.2 Å². The van der Waals surface area contributed by atoms with E-state index in [1.807, 2.05) is 6.92 Å². The van der Waals surface area contributed by atoms with Crippen molar-refractivity contribution >= 4 is 34.4 Å². The molecule has 0 bridgehead atoms. The van der Waals surface area contributed by atoms with Gasteiger partial charge >= 0.3 is 6.18 Å². The summed E-state index contributed by atoms with van der Waals surface area (Å²) in [5.41, 5.74) is -1.72. The minimum atomic E-state index is -4.61. The van der Waals surface area contributed by atoms with Crippen molar-refractivity contribution in [1.29, 1.82) is 0 Å². The second-order valence-electron chi connectivity index (χ2n) is 5.59. The Labute approximate surface area is 161 Å². The van der Waals surface area contributed by atoms with E-state index >= 15 is 0 Å². The Morgan fingerprint density at radius 2 is 2.00 bits per heavy atom. The van der Waals surface area contributed by atoms with Gasteiger partial charge in [0, 0.05) is 6.20 Å². The Morgan fingerprint density at radius 3 is 2.71 bits per heavy atom. The summed E-state index contributed by atoms with van der Waals surface area (Å²) < 4.78 is 40.0. The number of para-hydroxylation sites is 1. The summed E-state index contributed by atoms with van der Waals surface area (Å²) in [5, 5.41) is 2.78. The monoisotopic (exact) mass is 409 g/mol. The molecule has 0 saturated carbocycles. The lowest BCUT2D eigenvalue weighted by Gasteiger charge is -2.14. The summed E-state index contributed by atoms with van der Waals surface area (Å²) in [6.07, 6.45) is -2.16. The van der Waals surface area contributed by atoms with Crippen LogP contribution >= 0.6 is 11.8 Å². The molecule has 11 heteroatoms. The average molecular weight is 409 g/mol. The van der Waals surface area contributed by atoms with Crippen LogP contribution < -0.4 is 10.9 Å². The van der Waals surface area contributed by atoms with Gasteiger partial charge in [-0.1, -0.05) is 30.8 Å². The molecule has 0 aliphatic heterocycles. The van der Waals surface area contributed by atoms with Gasteiger partial charge in [-0.25, -0.2) is 15.0 Å². The average Bonchev–Trinajstić information content (AvgIpc) is 2.64. The van der Waals surface area contributed by atoms with Crippen LogP contribution in [0.5, 0.6) is 0 Å². The van der Waals surface area contributed by atoms with Gasteiger partial charge in [-0.05, 0) is 17.9 Å². The summed E-state index contributed by atoms with van der Waals surface area (Å²) in [6, 6.07) is 4.60. The number of halogens is 3. The fraction of sp³-hybridized carbons (Fsp3) is 0.235. The fourth-order valence-electron chi connectivity index (χ4n) is 2.43. The van der Waals surface area contributed by atoms with E-state index in [2.05, 4.69) is 20.3 Å². The first-order valence-corrected chi connectivity index (χ1v) is 9.09. The van der Waals surface area contributed by atoms with Gasteiger partial charge < -0.3 is 5.32 Å². The minimum absolute atomic E-state index is 0.117. The van der Waals surface area contributed by atoms with E-state index in [1.165, 1.54) is 30.1 Å². The summed E-state index contributed by atoms with van der Waals surface area (Å²) >= 11 is 1.39. The number of nitrogens with one attached hydrogen (secondary N) is 1. The molecule has 0 spiro atoms. The van der Waals surface area contributed by atoms with Gasteiger partial charge in [0.25, 0.3) is 5.56 Å². The zero-order valence-electron chi connectivity index (χ0n) is 14.5. The van der Waals surface area contributed by atoms with Crippen LogP contribution in [-0.2, 0) is 17.5 Å². The van der Waals surface area contributed by atoms with Crippen molar-refractivity contribution < 1.29 is 18.0 Å². The van der Waals surface area contributed by atoms with E-state index in [0.29, 0.717) is 5.16 Å². The molecule has 0 saturated heterocycles. The van der Waals surface area contributed by atoms with Crippen LogP contribution in [0.15, 0.2) is 46.7 Å². The molecule has 2 heterocycles. The molecule has 0 atom stereocenters. The van der Waals surface area contributed by atoms with Crippen molar-refractivity contribution in [2.75, 3.05) is 11.1 Å². The highest BCUT2D eigenvalue weighted by Crippen LogP contribution is 2.34. The van der Waals surface area contributed by atoms with E-state index in [0.717, 1.165) is 28.8 Å². The number of carbonyl (C=O) groups excluding carboxylic acids is 1. The number of thioether (sulfide) groups is 1. The second-order valence-corrected chi connectivity index (χ2v) is 6.82. The van der Waals surface area contributed by atoms with Crippen LogP contribution in [0.1, 0.15) is 12.5 Å². The lowest BCUT2D eigenvalue weighted by atomic mass is 10.1. The number of anilines is 1. The number of rotatable bonds is 5. The Morgan fingerprint density at radius 1 is 1.25 bits per heavy atom. The van der Waals surface area contributed by atoms with Crippen LogP contribution in [0.4, 0.5) is 18.9 Å². The van der Waals surface area contributed by atoms with Gasteiger partial charge in [0.15, 0.2) is 10.8 Å². The molecule has 28 heavy (non-hydrogen) atoms. The zero-order valence-corrected chi connectivity index (χ0v) is 15.3. The van der Waals surface area contributed by atoms with E-state index in [1.54, 1.807) is 0 Å². The fourth-order valence-corrected chi connectivity index (χ4v) is 2.97. The summed E-state index contributed by atoms with van der Waals surface area (Å²) in [6.45, 7) is 1.43. The molecule has 0 aliphatic carbocycles. The number of fused-ring (bicyclic) bond motifs is 1. The molecule has 3 rings (SSSR count). The summed E-state index contributed by atoms with van der Waals surface area (Å²) in [4.78, 5) is 36.9. The van der Waals surface area contributed by atoms with Crippen molar-refractivity contribution in [3.8, 4) is 0 Å². The molecule has 7 nitrogen and oxygen atoms in total. The lowest BCUT2D eigenvalue weighted by molar-refractivity contribution is -0.137. The molecule has 0 aliphatic rings. The first-order valence-electron chi connectivity index (χ1n) is 8.10. The number of aromatic nitrogens is 4. The number of carbonyl (C=O) groups is 1. The molecule has 146 valence electrons. The highest BCUT2D eigenvalue weighted by molar-refractivity contribution is 7.99. The maximum atomic E-state index is 13.0. The standard InChI is InChI=1S/C17H14F3N5O2S/c1-2-28-16-21-7-10-14(24-16)22-9-25(15(10)27)8-13(26)23-12-6-4-3-5-11(12)17(18,19)20/h3-7,9H,2,8H2,1H3,(H,23,26). The molecule has 0 unspecified atom stereocenters. The van der Waals surface area contributed by atoms with Gasteiger partial charge in [0.2, 0.25) is 5.91 Å². The number of hydrogen-bond acceptors (Lipinski definition) is 6. The predicted molar refractivity (Wildman–Crippen MR) is 98.1 cm³/mol. The molecule has 2 aromatic heterocycles. The molecule has 1 aromatic carbocycles. The van der Waals surface area contributed by atoms with Crippen LogP contribution in [0.2, 0.25) is 0 Å². The van der Waals surface area contributed by atoms with Crippen LogP contribution in [0.3, 0.4) is 0 Å². The minimum Gasteiger partial charge on any atom is -0.324 e. The Hall–Kier alpha value is -2.95. The molecular formula is C17H14F3N5O2S. The third-order valence-electron chi connectivity index (χ3n) is 3.65. The van der Waals surface area contributed by atoms with E-state index in [9.17, 15) is 22.8 Å². The molecule has 3 aromatic rings. The Kier molecular flexibility index (Phi) is 5.63. The van der Waals surface area contributed by atoms with Crippen molar-refractivity contribution in [2.24, 2.45) is 0 Å². The molecule has 0 radical (unpaired) electrons. The molecule has 1 N–H and O–H groups in total. The number of nitrogens with zero attached hydrogens (tertiary/aromatic N) is 4. The normalized spacial score (nSPS) is 11.6. The highest BCUT2D eigenvalue weighted by atomic mass is 32.2. The maximum absolute atomic E-state index is 13.0. The first-order chi connectivity index (χ1) is 13.3. The Bertz CT molecular complexity index is 1080. The predicted octanol–water partition coefficient (Wildman–Crippen LogP) is 2.96. The van der Waals surface area contributed by atoms with Crippen molar-refractivity contribution in [2.45, 2.75) is 24.8 Å². The van der Waals surface area contributed by atoms with Gasteiger partial charge in [-0.3, -0.25) is 14.2 Å².